The van der Waals surface area contributed by atoms with E-state index in [1.54, 1.807) is 40.0 Å². The van der Waals surface area contributed by atoms with Crippen molar-refractivity contribution in [3.05, 3.63) is 69.8 Å². The monoisotopic (exact) mass is 419 g/mol. The van der Waals surface area contributed by atoms with Crippen molar-refractivity contribution in [3.8, 4) is 0 Å². The molecule has 156 valence electrons. The highest BCUT2D eigenvalue weighted by atomic mass is 32.2. The third-order valence-electron chi connectivity index (χ3n) is 4.91. The normalized spacial score (nSPS) is 12.6. The van der Waals surface area contributed by atoms with E-state index in [1.807, 2.05) is 0 Å². The van der Waals surface area contributed by atoms with Crippen molar-refractivity contribution in [1.82, 2.24) is 9.21 Å². The molecule has 9 heteroatoms. The van der Waals surface area contributed by atoms with Gasteiger partial charge in [-0.15, -0.1) is 0 Å². The Kier molecular flexibility index (Phi) is 7.10. The topological polar surface area (TPSA) is 101 Å². The first-order valence-electron chi connectivity index (χ1n) is 9.25. The zero-order valence-electron chi connectivity index (χ0n) is 16.9. The third kappa shape index (κ3) is 4.80. The van der Waals surface area contributed by atoms with Crippen LogP contribution in [0, 0.1) is 10.1 Å². The van der Waals surface area contributed by atoms with Crippen LogP contribution in [0.2, 0.25) is 0 Å². The molecule has 1 amide bonds. The molecule has 0 N–H and O–H groups in total. The third-order valence-corrected chi connectivity index (χ3v) is 6.97. The molecule has 0 radical (unpaired) electrons. The molecule has 0 fully saturated rings. The molecule has 2 aromatic carbocycles. The van der Waals surface area contributed by atoms with Crippen LogP contribution in [0.25, 0.3) is 0 Å². The summed E-state index contributed by atoms with van der Waals surface area (Å²) in [5, 5.41) is 11.0. The summed E-state index contributed by atoms with van der Waals surface area (Å²) in [5.41, 5.74) is 0.931. The Labute approximate surface area is 171 Å². The quantitative estimate of drug-likeness (QED) is 0.482. The maximum Gasteiger partial charge on any atom is 0.269 e. The highest BCUT2D eigenvalue weighted by molar-refractivity contribution is 7.89. The molecule has 0 aliphatic carbocycles. The lowest BCUT2D eigenvalue weighted by Crippen LogP contribution is -2.31. The molecule has 0 aliphatic rings. The van der Waals surface area contributed by atoms with Crippen LogP contribution in [-0.2, 0) is 10.0 Å². The number of rotatable bonds is 8. The second-order valence-corrected chi connectivity index (χ2v) is 8.50. The summed E-state index contributed by atoms with van der Waals surface area (Å²) >= 11 is 0. The molecule has 2 aromatic rings. The van der Waals surface area contributed by atoms with E-state index in [4.69, 9.17) is 0 Å². The molecule has 0 saturated heterocycles. The molecule has 1 atom stereocenters. The SMILES string of the molecule is CCN(CC)S(=O)(=O)c1ccc(C(=O)N(C)C(C)c2cccc([N+](=O)[O-])c2)cc1. The summed E-state index contributed by atoms with van der Waals surface area (Å²) in [6, 6.07) is 11.5. The number of non-ortho nitro benzene ring substituents is 1. The van der Waals surface area contributed by atoms with Crippen LogP contribution in [0.4, 0.5) is 5.69 Å². The van der Waals surface area contributed by atoms with E-state index < -0.39 is 21.0 Å². The number of carbonyl (C=O) groups excluding carboxylic acids is 1. The van der Waals surface area contributed by atoms with Crippen molar-refractivity contribution in [2.75, 3.05) is 20.1 Å². The van der Waals surface area contributed by atoms with Gasteiger partial charge in [0.1, 0.15) is 0 Å². The molecule has 0 saturated carbocycles. The van der Waals surface area contributed by atoms with Gasteiger partial charge in [-0.25, -0.2) is 8.42 Å². The molecule has 1 unspecified atom stereocenters. The molecule has 2 rings (SSSR count). The Balaban J connectivity index is 2.24. The van der Waals surface area contributed by atoms with Gasteiger partial charge >= 0.3 is 0 Å². The number of nitro groups is 1. The average molecular weight is 420 g/mol. The summed E-state index contributed by atoms with van der Waals surface area (Å²) in [6.07, 6.45) is 0. The van der Waals surface area contributed by atoms with E-state index in [0.29, 0.717) is 24.2 Å². The van der Waals surface area contributed by atoms with E-state index >= 15 is 0 Å². The van der Waals surface area contributed by atoms with Crippen LogP contribution >= 0.6 is 0 Å². The molecule has 0 bridgehead atoms. The van der Waals surface area contributed by atoms with Crippen molar-refractivity contribution in [3.63, 3.8) is 0 Å². The minimum absolute atomic E-state index is 0.0406. The minimum Gasteiger partial charge on any atom is -0.335 e. The Bertz CT molecular complexity index is 985. The maximum absolute atomic E-state index is 12.8. The van der Waals surface area contributed by atoms with Gasteiger partial charge in [-0.2, -0.15) is 4.31 Å². The fraction of sp³-hybridized carbons (Fsp3) is 0.350. The number of nitro benzene ring substituents is 1. The van der Waals surface area contributed by atoms with Gasteiger partial charge in [0.05, 0.1) is 15.9 Å². The summed E-state index contributed by atoms with van der Waals surface area (Å²) in [7, 11) is -1.99. The Morgan fingerprint density at radius 2 is 1.69 bits per heavy atom. The molecule has 0 heterocycles. The van der Waals surface area contributed by atoms with Gasteiger partial charge in [0.15, 0.2) is 0 Å². The molecule has 0 spiro atoms. The van der Waals surface area contributed by atoms with Gasteiger partial charge < -0.3 is 4.90 Å². The Hall–Kier alpha value is -2.78. The van der Waals surface area contributed by atoms with Crippen molar-refractivity contribution in [1.29, 1.82) is 0 Å². The van der Waals surface area contributed by atoms with Crippen molar-refractivity contribution in [2.24, 2.45) is 0 Å². The lowest BCUT2D eigenvalue weighted by atomic mass is 10.1. The average Bonchev–Trinajstić information content (AvgIpc) is 2.73. The molecule has 8 nitrogen and oxygen atoms in total. The van der Waals surface area contributed by atoms with Crippen molar-refractivity contribution < 1.29 is 18.1 Å². The van der Waals surface area contributed by atoms with Gasteiger partial charge in [-0.1, -0.05) is 26.0 Å². The molecule has 29 heavy (non-hydrogen) atoms. The van der Waals surface area contributed by atoms with Crippen LogP contribution in [0.15, 0.2) is 53.4 Å². The highest BCUT2D eigenvalue weighted by Gasteiger charge is 2.24. The summed E-state index contributed by atoms with van der Waals surface area (Å²) in [4.78, 5) is 24.9. The predicted molar refractivity (Wildman–Crippen MR) is 110 cm³/mol. The first kappa shape index (κ1) is 22.5. The summed E-state index contributed by atoms with van der Waals surface area (Å²) in [6.45, 7) is 6.04. The first-order chi connectivity index (χ1) is 13.6. The predicted octanol–water partition coefficient (Wildman–Crippen LogP) is 3.46. The van der Waals surface area contributed by atoms with Crippen LogP contribution in [0.1, 0.15) is 42.7 Å². The van der Waals surface area contributed by atoms with E-state index in [2.05, 4.69) is 0 Å². The smallest absolute Gasteiger partial charge is 0.269 e. The van der Waals surface area contributed by atoms with E-state index in [-0.39, 0.29) is 16.5 Å². The van der Waals surface area contributed by atoms with E-state index in [1.165, 1.54) is 45.6 Å². The van der Waals surface area contributed by atoms with Gasteiger partial charge in [-0.05, 0) is 36.8 Å². The van der Waals surface area contributed by atoms with Crippen molar-refractivity contribution >= 4 is 21.6 Å². The number of nitrogens with zero attached hydrogens (tertiary/aromatic N) is 3. The van der Waals surface area contributed by atoms with Crippen LogP contribution in [-0.4, -0.2) is 48.6 Å². The Morgan fingerprint density at radius 3 is 2.21 bits per heavy atom. The van der Waals surface area contributed by atoms with Crippen LogP contribution < -0.4 is 0 Å². The van der Waals surface area contributed by atoms with Crippen molar-refractivity contribution in [2.45, 2.75) is 31.7 Å². The lowest BCUT2D eigenvalue weighted by molar-refractivity contribution is -0.384. The van der Waals surface area contributed by atoms with Gasteiger partial charge in [-0.3, -0.25) is 14.9 Å². The zero-order chi connectivity index (χ0) is 21.8. The largest absolute Gasteiger partial charge is 0.335 e. The van der Waals surface area contributed by atoms with Crippen LogP contribution in [0.3, 0.4) is 0 Å². The minimum atomic E-state index is -3.59. The fourth-order valence-corrected chi connectivity index (χ4v) is 4.44. The molecular formula is C20H25N3O5S. The molecule has 0 aromatic heterocycles. The molecular weight excluding hydrogens is 394 g/mol. The number of hydrogen-bond donors (Lipinski definition) is 0. The number of benzene rings is 2. The van der Waals surface area contributed by atoms with Gasteiger partial charge in [0, 0.05) is 37.8 Å². The standard InChI is InChI=1S/C20H25N3O5S/c1-5-22(6-2)29(27,28)19-12-10-16(11-13-19)20(24)21(4)15(3)17-8-7-9-18(14-17)23(25)26/h7-15H,5-6H2,1-4H3. The fourth-order valence-electron chi connectivity index (χ4n) is 2.98. The summed E-state index contributed by atoms with van der Waals surface area (Å²) in [5.74, 6) is -0.309. The number of amides is 1. The second-order valence-electron chi connectivity index (χ2n) is 6.56. The first-order valence-corrected chi connectivity index (χ1v) is 10.7. The number of hydrogen-bond acceptors (Lipinski definition) is 5. The Morgan fingerprint density at radius 1 is 1.10 bits per heavy atom. The number of carbonyl (C=O) groups is 1. The lowest BCUT2D eigenvalue weighted by Gasteiger charge is -2.25. The second kappa shape index (κ2) is 9.15. The highest BCUT2D eigenvalue weighted by Crippen LogP contribution is 2.25. The maximum atomic E-state index is 12.8. The summed E-state index contributed by atoms with van der Waals surface area (Å²) < 4.78 is 26.5. The van der Waals surface area contributed by atoms with Gasteiger partial charge in [0.2, 0.25) is 10.0 Å². The molecule has 0 aliphatic heterocycles. The van der Waals surface area contributed by atoms with E-state index in [9.17, 15) is 23.3 Å². The van der Waals surface area contributed by atoms with E-state index in [0.717, 1.165) is 0 Å². The van der Waals surface area contributed by atoms with Crippen LogP contribution in [0.5, 0.6) is 0 Å². The van der Waals surface area contributed by atoms with Gasteiger partial charge in [0.25, 0.3) is 11.6 Å². The zero-order valence-corrected chi connectivity index (χ0v) is 17.7. The number of sulfonamides is 1.